The molecule has 0 amide bonds. The zero-order chi connectivity index (χ0) is 16.7. The lowest BCUT2D eigenvalue weighted by molar-refractivity contribution is 0.561. The standard InChI is InChI=1S/C22H21NS/c1-22(2,3)23(16-10-5-4-6-11-16)18-13-9-15-20-21(18)17-12-7-8-14-19(17)24-20/h4-15H,1-3H3. The van der Waals surface area contributed by atoms with E-state index >= 15 is 0 Å². The molecular formula is C22H21NS. The lowest BCUT2D eigenvalue weighted by Crippen LogP contribution is -2.37. The molecule has 0 saturated heterocycles. The molecule has 0 radical (unpaired) electrons. The van der Waals surface area contributed by atoms with Crippen molar-refractivity contribution in [3.63, 3.8) is 0 Å². The van der Waals surface area contributed by atoms with Gasteiger partial charge in [-0.3, -0.25) is 0 Å². The maximum absolute atomic E-state index is 2.45. The van der Waals surface area contributed by atoms with Gasteiger partial charge in [0.1, 0.15) is 0 Å². The molecule has 0 spiro atoms. The molecule has 3 aromatic carbocycles. The molecule has 1 nitrogen and oxygen atoms in total. The summed E-state index contributed by atoms with van der Waals surface area (Å²) in [4.78, 5) is 2.45. The molecule has 24 heavy (non-hydrogen) atoms. The fourth-order valence-corrected chi connectivity index (χ4v) is 4.53. The van der Waals surface area contributed by atoms with Gasteiger partial charge in [-0.1, -0.05) is 42.5 Å². The van der Waals surface area contributed by atoms with Gasteiger partial charge in [-0.15, -0.1) is 11.3 Å². The van der Waals surface area contributed by atoms with Crippen LogP contribution in [0, 0.1) is 0 Å². The molecule has 0 fully saturated rings. The van der Waals surface area contributed by atoms with E-state index in [1.165, 1.54) is 31.5 Å². The van der Waals surface area contributed by atoms with Crippen molar-refractivity contribution in [3.05, 3.63) is 72.8 Å². The van der Waals surface area contributed by atoms with Crippen LogP contribution in [0.1, 0.15) is 20.8 Å². The van der Waals surface area contributed by atoms with Gasteiger partial charge in [0.2, 0.25) is 0 Å². The van der Waals surface area contributed by atoms with Crippen molar-refractivity contribution in [1.29, 1.82) is 0 Å². The largest absolute Gasteiger partial charge is 0.336 e. The minimum Gasteiger partial charge on any atom is -0.336 e. The zero-order valence-electron chi connectivity index (χ0n) is 14.3. The van der Waals surface area contributed by atoms with Crippen LogP contribution >= 0.6 is 11.3 Å². The Morgan fingerprint density at radius 2 is 1.38 bits per heavy atom. The quantitative estimate of drug-likeness (QED) is 0.382. The number of hydrogen-bond acceptors (Lipinski definition) is 2. The summed E-state index contributed by atoms with van der Waals surface area (Å²) < 4.78 is 2.70. The summed E-state index contributed by atoms with van der Waals surface area (Å²) in [6.45, 7) is 6.81. The molecule has 0 aliphatic rings. The van der Waals surface area contributed by atoms with Gasteiger partial charge < -0.3 is 4.90 Å². The highest BCUT2D eigenvalue weighted by atomic mass is 32.1. The van der Waals surface area contributed by atoms with Crippen molar-refractivity contribution in [2.75, 3.05) is 4.90 Å². The number of anilines is 2. The van der Waals surface area contributed by atoms with Crippen molar-refractivity contribution >= 4 is 42.9 Å². The second kappa shape index (κ2) is 5.64. The summed E-state index contributed by atoms with van der Waals surface area (Å²) in [5, 5.41) is 2.70. The Balaban J connectivity index is 2.06. The van der Waals surface area contributed by atoms with Crippen molar-refractivity contribution in [2.24, 2.45) is 0 Å². The highest BCUT2D eigenvalue weighted by molar-refractivity contribution is 7.25. The first-order valence-corrected chi connectivity index (χ1v) is 9.13. The molecule has 0 aliphatic heterocycles. The molecule has 1 aromatic heterocycles. The van der Waals surface area contributed by atoms with Crippen LogP contribution in [-0.2, 0) is 0 Å². The van der Waals surface area contributed by atoms with Crippen LogP contribution in [-0.4, -0.2) is 5.54 Å². The van der Waals surface area contributed by atoms with Gasteiger partial charge in [-0.2, -0.15) is 0 Å². The van der Waals surface area contributed by atoms with Crippen LogP contribution in [0.5, 0.6) is 0 Å². The van der Waals surface area contributed by atoms with Gasteiger partial charge in [-0.25, -0.2) is 0 Å². The minimum absolute atomic E-state index is 0.0152. The fraction of sp³-hybridized carbons (Fsp3) is 0.182. The summed E-state index contributed by atoms with van der Waals surface area (Å²) in [5.41, 5.74) is 2.50. The topological polar surface area (TPSA) is 3.24 Å². The number of hydrogen-bond donors (Lipinski definition) is 0. The van der Waals surface area contributed by atoms with Crippen LogP contribution in [0.2, 0.25) is 0 Å². The van der Waals surface area contributed by atoms with E-state index < -0.39 is 0 Å². The molecule has 2 heteroatoms. The average molecular weight is 331 g/mol. The number of nitrogens with zero attached hydrogens (tertiary/aromatic N) is 1. The maximum atomic E-state index is 2.45. The summed E-state index contributed by atoms with van der Waals surface area (Å²) in [7, 11) is 0. The average Bonchev–Trinajstić information content (AvgIpc) is 2.94. The minimum atomic E-state index is -0.0152. The molecule has 1 heterocycles. The van der Waals surface area contributed by atoms with Gasteiger partial charge in [0, 0.05) is 31.4 Å². The summed E-state index contributed by atoms with van der Waals surface area (Å²) in [6, 6.07) is 26.1. The number of thiophene rings is 1. The van der Waals surface area contributed by atoms with Gasteiger partial charge in [0.05, 0.1) is 5.69 Å². The molecule has 4 rings (SSSR count). The third-order valence-electron chi connectivity index (χ3n) is 4.31. The Morgan fingerprint density at radius 3 is 2.12 bits per heavy atom. The second-order valence-corrected chi connectivity index (χ2v) is 8.17. The maximum Gasteiger partial charge on any atom is 0.0510 e. The summed E-state index contributed by atoms with van der Waals surface area (Å²) in [5.74, 6) is 0. The number of fused-ring (bicyclic) bond motifs is 3. The van der Waals surface area contributed by atoms with E-state index in [4.69, 9.17) is 0 Å². The van der Waals surface area contributed by atoms with Crippen LogP contribution in [0.25, 0.3) is 20.2 Å². The highest BCUT2D eigenvalue weighted by Crippen LogP contribution is 2.43. The molecule has 0 unspecified atom stereocenters. The first kappa shape index (κ1) is 15.2. The fourth-order valence-electron chi connectivity index (χ4n) is 3.41. The SMILES string of the molecule is CC(C)(C)N(c1ccccc1)c1cccc2sc3ccccc3c12. The molecule has 0 atom stereocenters. The normalized spacial score (nSPS) is 12.0. The van der Waals surface area contributed by atoms with Crippen molar-refractivity contribution in [3.8, 4) is 0 Å². The Kier molecular flexibility index (Phi) is 3.58. The number of rotatable bonds is 2. The third kappa shape index (κ3) is 2.47. The van der Waals surface area contributed by atoms with E-state index in [1.807, 2.05) is 11.3 Å². The predicted octanol–water partition coefficient (Wildman–Crippen LogP) is 6.99. The second-order valence-electron chi connectivity index (χ2n) is 7.09. The Bertz CT molecular complexity index is 993. The molecule has 120 valence electrons. The summed E-state index contributed by atoms with van der Waals surface area (Å²) in [6.07, 6.45) is 0. The Morgan fingerprint density at radius 1 is 0.708 bits per heavy atom. The molecule has 0 saturated carbocycles. The van der Waals surface area contributed by atoms with Gasteiger partial charge >= 0.3 is 0 Å². The molecule has 0 N–H and O–H groups in total. The van der Waals surface area contributed by atoms with Gasteiger partial charge in [-0.05, 0) is 51.1 Å². The molecule has 0 bridgehead atoms. The third-order valence-corrected chi connectivity index (χ3v) is 5.44. The van der Waals surface area contributed by atoms with E-state index in [9.17, 15) is 0 Å². The molecular weight excluding hydrogens is 310 g/mol. The van der Waals surface area contributed by atoms with Crippen LogP contribution in [0.15, 0.2) is 72.8 Å². The smallest absolute Gasteiger partial charge is 0.0510 e. The first-order valence-electron chi connectivity index (χ1n) is 8.31. The molecule has 4 aromatic rings. The van der Waals surface area contributed by atoms with E-state index in [2.05, 4.69) is 98.5 Å². The monoisotopic (exact) mass is 331 g/mol. The summed E-state index contributed by atoms with van der Waals surface area (Å²) >= 11 is 1.87. The van der Waals surface area contributed by atoms with E-state index in [-0.39, 0.29) is 5.54 Å². The van der Waals surface area contributed by atoms with E-state index in [0.29, 0.717) is 0 Å². The van der Waals surface area contributed by atoms with Gasteiger partial charge in [0.15, 0.2) is 0 Å². The zero-order valence-corrected chi connectivity index (χ0v) is 15.1. The first-order chi connectivity index (χ1) is 11.6. The van der Waals surface area contributed by atoms with Crippen LogP contribution in [0.4, 0.5) is 11.4 Å². The van der Waals surface area contributed by atoms with E-state index in [1.54, 1.807) is 0 Å². The van der Waals surface area contributed by atoms with Crippen molar-refractivity contribution in [1.82, 2.24) is 0 Å². The predicted molar refractivity (Wildman–Crippen MR) is 108 cm³/mol. The van der Waals surface area contributed by atoms with Crippen molar-refractivity contribution < 1.29 is 0 Å². The van der Waals surface area contributed by atoms with E-state index in [0.717, 1.165) is 0 Å². The van der Waals surface area contributed by atoms with Crippen molar-refractivity contribution in [2.45, 2.75) is 26.3 Å². The Hall–Kier alpha value is -2.32. The molecule has 0 aliphatic carbocycles. The highest BCUT2D eigenvalue weighted by Gasteiger charge is 2.25. The lowest BCUT2D eigenvalue weighted by Gasteiger charge is -2.38. The number of benzene rings is 3. The number of para-hydroxylation sites is 1. The van der Waals surface area contributed by atoms with Crippen LogP contribution < -0.4 is 4.90 Å². The van der Waals surface area contributed by atoms with Crippen LogP contribution in [0.3, 0.4) is 0 Å². The Labute approximate surface area is 147 Å². The van der Waals surface area contributed by atoms with Gasteiger partial charge in [0.25, 0.3) is 0 Å². The lowest BCUT2D eigenvalue weighted by atomic mass is 10.0.